The van der Waals surface area contributed by atoms with Crippen molar-refractivity contribution in [1.29, 1.82) is 0 Å². The Morgan fingerprint density at radius 3 is 2.59 bits per heavy atom. The van der Waals surface area contributed by atoms with Crippen LogP contribution in [0.15, 0.2) is 42.5 Å². The maximum Gasteiger partial charge on any atom is 0.292 e. The molecule has 2 aromatic carbocycles. The summed E-state index contributed by atoms with van der Waals surface area (Å²) in [4.78, 5) is 26.7. The molecule has 1 aliphatic heterocycles. The average Bonchev–Trinajstić information content (AvgIpc) is 2.68. The van der Waals surface area contributed by atoms with Gasteiger partial charge in [-0.1, -0.05) is 12.1 Å². The van der Waals surface area contributed by atoms with Gasteiger partial charge < -0.3 is 14.5 Å². The third kappa shape index (κ3) is 4.33. The Bertz CT molecular complexity index is 851. The molecule has 0 aliphatic carbocycles. The maximum atomic E-state index is 13.6. The zero-order valence-corrected chi connectivity index (χ0v) is 14.9. The number of hydrogen-bond acceptors (Lipinski definition) is 5. The SMILES string of the molecule is COc1cccc(CC(=O)N2CCN(c3cc(F)ccc3[N+](=O)[O-])CC2)c1. The number of amides is 1. The van der Waals surface area contributed by atoms with E-state index < -0.39 is 10.7 Å². The lowest BCUT2D eigenvalue weighted by atomic mass is 10.1. The van der Waals surface area contributed by atoms with Gasteiger partial charge in [-0.25, -0.2) is 4.39 Å². The van der Waals surface area contributed by atoms with E-state index in [-0.39, 0.29) is 23.7 Å². The quantitative estimate of drug-likeness (QED) is 0.595. The summed E-state index contributed by atoms with van der Waals surface area (Å²) in [6, 6.07) is 10.8. The molecule has 27 heavy (non-hydrogen) atoms. The predicted molar refractivity (Wildman–Crippen MR) is 98.5 cm³/mol. The van der Waals surface area contributed by atoms with Crippen LogP contribution in [0.4, 0.5) is 15.8 Å². The zero-order valence-electron chi connectivity index (χ0n) is 14.9. The molecule has 0 radical (unpaired) electrons. The van der Waals surface area contributed by atoms with Crippen molar-refractivity contribution in [2.45, 2.75) is 6.42 Å². The topological polar surface area (TPSA) is 75.9 Å². The van der Waals surface area contributed by atoms with Crippen LogP contribution in [0.25, 0.3) is 0 Å². The molecule has 0 N–H and O–H groups in total. The number of halogens is 1. The Morgan fingerprint density at radius 1 is 1.19 bits per heavy atom. The molecular formula is C19H20FN3O4. The van der Waals surface area contributed by atoms with Crippen molar-refractivity contribution in [1.82, 2.24) is 4.90 Å². The van der Waals surface area contributed by atoms with Gasteiger partial charge in [-0.2, -0.15) is 0 Å². The van der Waals surface area contributed by atoms with E-state index in [1.807, 2.05) is 24.3 Å². The number of benzene rings is 2. The highest BCUT2D eigenvalue weighted by Crippen LogP contribution is 2.29. The van der Waals surface area contributed by atoms with E-state index in [1.165, 1.54) is 12.1 Å². The third-order valence-electron chi connectivity index (χ3n) is 4.60. The lowest BCUT2D eigenvalue weighted by molar-refractivity contribution is -0.384. The molecule has 1 aliphatic rings. The number of anilines is 1. The van der Waals surface area contributed by atoms with Crippen molar-refractivity contribution in [2.75, 3.05) is 38.2 Å². The maximum absolute atomic E-state index is 13.6. The molecule has 2 aromatic rings. The van der Waals surface area contributed by atoms with E-state index in [1.54, 1.807) is 16.9 Å². The molecule has 3 rings (SSSR count). The Labute approximate surface area is 156 Å². The number of piperazine rings is 1. The normalized spacial score (nSPS) is 14.1. The first-order valence-corrected chi connectivity index (χ1v) is 8.57. The molecular weight excluding hydrogens is 353 g/mol. The number of nitro groups is 1. The van der Waals surface area contributed by atoms with Crippen LogP contribution in [0.1, 0.15) is 5.56 Å². The lowest BCUT2D eigenvalue weighted by Gasteiger charge is -2.35. The number of carbonyl (C=O) groups is 1. The molecule has 8 heteroatoms. The Balaban J connectivity index is 1.64. The fourth-order valence-electron chi connectivity index (χ4n) is 3.17. The number of ether oxygens (including phenoxy) is 1. The number of methoxy groups -OCH3 is 1. The third-order valence-corrected chi connectivity index (χ3v) is 4.60. The first-order valence-electron chi connectivity index (χ1n) is 8.57. The van der Waals surface area contributed by atoms with Crippen LogP contribution in [0.3, 0.4) is 0 Å². The fourth-order valence-corrected chi connectivity index (χ4v) is 3.17. The standard InChI is InChI=1S/C19H20FN3O4/c1-27-16-4-2-3-14(11-16)12-19(24)22-9-7-21(8-10-22)18-13-15(20)5-6-17(18)23(25)26/h2-6,11,13H,7-10,12H2,1H3. The molecule has 1 fully saturated rings. The molecule has 0 atom stereocenters. The minimum absolute atomic E-state index is 0.0170. The first kappa shape index (κ1) is 18.6. The van der Waals surface area contributed by atoms with Crippen LogP contribution in [0.5, 0.6) is 5.75 Å². The van der Waals surface area contributed by atoms with Gasteiger partial charge in [-0.3, -0.25) is 14.9 Å². The van der Waals surface area contributed by atoms with E-state index in [2.05, 4.69) is 0 Å². The molecule has 142 valence electrons. The summed E-state index contributed by atoms with van der Waals surface area (Å²) in [7, 11) is 1.58. The van der Waals surface area contributed by atoms with Crippen molar-refractivity contribution in [3.63, 3.8) is 0 Å². The van der Waals surface area contributed by atoms with Crippen molar-refractivity contribution in [2.24, 2.45) is 0 Å². The van der Waals surface area contributed by atoms with Gasteiger partial charge in [0.15, 0.2) is 0 Å². The molecule has 1 amide bonds. The molecule has 0 unspecified atom stereocenters. The highest BCUT2D eigenvalue weighted by atomic mass is 19.1. The van der Waals surface area contributed by atoms with Crippen molar-refractivity contribution >= 4 is 17.3 Å². The second-order valence-electron chi connectivity index (χ2n) is 6.29. The average molecular weight is 373 g/mol. The zero-order chi connectivity index (χ0) is 19.4. The van der Waals surface area contributed by atoms with Gasteiger partial charge in [0.2, 0.25) is 5.91 Å². The van der Waals surface area contributed by atoms with E-state index >= 15 is 0 Å². The molecule has 0 saturated carbocycles. The molecule has 0 aromatic heterocycles. The molecule has 1 saturated heterocycles. The fraction of sp³-hybridized carbons (Fsp3) is 0.316. The van der Waals surface area contributed by atoms with Gasteiger partial charge in [0.25, 0.3) is 5.69 Å². The smallest absolute Gasteiger partial charge is 0.292 e. The first-order chi connectivity index (χ1) is 13.0. The van der Waals surface area contributed by atoms with Gasteiger partial charge in [0, 0.05) is 38.3 Å². The Kier molecular flexibility index (Phi) is 5.54. The Hall–Kier alpha value is -3.16. The van der Waals surface area contributed by atoms with Crippen molar-refractivity contribution in [3.8, 4) is 5.75 Å². The van der Waals surface area contributed by atoms with Crippen LogP contribution in [-0.2, 0) is 11.2 Å². The summed E-state index contributed by atoms with van der Waals surface area (Å²) < 4.78 is 18.7. The monoisotopic (exact) mass is 373 g/mol. The van der Waals surface area contributed by atoms with Gasteiger partial charge in [0.1, 0.15) is 17.3 Å². The largest absolute Gasteiger partial charge is 0.497 e. The summed E-state index contributed by atoms with van der Waals surface area (Å²) in [5, 5.41) is 11.2. The van der Waals surface area contributed by atoms with Gasteiger partial charge in [-0.15, -0.1) is 0 Å². The van der Waals surface area contributed by atoms with Crippen molar-refractivity contribution < 1.29 is 18.8 Å². The van der Waals surface area contributed by atoms with Crippen LogP contribution in [0.2, 0.25) is 0 Å². The minimum atomic E-state index is -0.521. The number of carbonyl (C=O) groups excluding carboxylic acids is 1. The van der Waals surface area contributed by atoms with Crippen LogP contribution in [0, 0.1) is 15.9 Å². The van der Waals surface area contributed by atoms with Crippen LogP contribution >= 0.6 is 0 Å². The van der Waals surface area contributed by atoms with Crippen LogP contribution < -0.4 is 9.64 Å². The van der Waals surface area contributed by atoms with Gasteiger partial charge >= 0.3 is 0 Å². The van der Waals surface area contributed by atoms with Crippen molar-refractivity contribution in [3.05, 3.63) is 64.0 Å². The van der Waals surface area contributed by atoms with E-state index in [4.69, 9.17) is 4.74 Å². The Morgan fingerprint density at radius 2 is 1.93 bits per heavy atom. The summed E-state index contributed by atoms with van der Waals surface area (Å²) in [5.74, 6) is 0.160. The van der Waals surface area contributed by atoms with Crippen LogP contribution in [-0.4, -0.2) is 49.0 Å². The van der Waals surface area contributed by atoms with Gasteiger partial charge in [0.05, 0.1) is 18.5 Å². The number of nitro benzene ring substituents is 1. The number of nitrogens with zero attached hydrogens (tertiary/aromatic N) is 3. The predicted octanol–water partition coefficient (Wildman–Crippen LogP) is 2.63. The summed E-state index contributed by atoms with van der Waals surface area (Å²) in [5.41, 5.74) is 0.981. The second-order valence-corrected chi connectivity index (χ2v) is 6.29. The lowest BCUT2D eigenvalue weighted by Crippen LogP contribution is -2.49. The van der Waals surface area contributed by atoms with E-state index in [0.29, 0.717) is 31.9 Å². The molecule has 7 nitrogen and oxygen atoms in total. The summed E-state index contributed by atoms with van der Waals surface area (Å²) in [6.45, 7) is 1.68. The number of hydrogen-bond donors (Lipinski definition) is 0. The summed E-state index contributed by atoms with van der Waals surface area (Å²) >= 11 is 0. The highest BCUT2D eigenvalue weighted by molar-refractivity contribution is 5.79. The van der Waals surface area contributed by atoms with E-state index in [0.717, 1.165) is 11.6 Å². The summed E-state index contributed by atoms with van der Waals surface area (Å²) in [6.07, 6.45) is 0.261. The van der Waals surface area contributed by atoms with E-state index in [9.17, 15) is 19.3 Å². The minimum Gasteiger partial charge on any atom is -0.497 e. The number of rotatable bonds is 5. The molecule has 1 heterocycles. The molecule has 0 bridgehead atoms. The molecule has 0 spiro atoms. The van der Waals surface area contributed by atoms with Gasteiger partial charge in [-0.05, 0) is 23.8 Å². The highest BCUT2D eigenvalue weighted by Gasteiger charge is 2.26. The second kappa shape index (κ2) is 8.03.